The van der Waals surface area contributed by atoms with E-state index >= 15 is 0 Å². The molecule has 1 N–H and O–H groups in total. The maximum Gasteiger partial charge on any atom is 0.181 e. The van der Waals surface area contributed by atoms with Gasteiger partial charge in [-0.3, -0.25) is 0 Å². The van der Waals surface area contributed by atoms with Gasteiger partial charge < -0.3 is 5.32 Å². The first-order chi connectivity index (χ1) is 9.78. The lowest BCUT2D eigenvalue weighted by Crippen LogP contribution is -2.01. The van der Waals surface area contributed by atoms with Crippen LogP contribution in [0.5, 0.6) is 0 Å². The summed E-state index contributed by atoms with van der Waals surface area (Å²) in [4.78, 5) is 13.4. The van der Waals surface area contributed by atoms with Crippen molar-refractivity contribution in [2.75, 3.05) is 11.9 Å². The number of halogens is 1. The Bertz CT molecular complexity index is 758. The van der Waals surface area contributed by atoms with Crippen molar-refractivity contribution in [3.8, 4) is 11.5 Å². The first-order valence-corrected chi connectivity index (χ1v) is 7.20. The molecule has 0 radical (unpaired) electrons. The molecule has 0 aliphatic heterocycles. The Morgan fingerprint density at radius 3 is 2.85 bits per heavy atom. The van der Waals surface area contributed by atoms with Gasteiger partial charge in [0.25, 0.3) is 0 Å². The first-order valence-electron chi connectivity index (χ1n) is 6.40. The van der Waals surface area contributed by atoms with Crippen molar-refractivity contribution in [1.29, 1.82) is 0 Å². The molecule has 1 aromatic carbocycles. The molecule has 0 spiro atoms. The lowest BCUT2D eigenvalue weighted by Gasteiger charge is -2.07. The van der Waals surface area contributed by atoms with Crippen LogP contribution in [0.25, 0.3) is 22.4 Å². The van der Waals surface area contributed by atoms with Gasteiger partial charge in [0.05, 0.1) is 5.52 Å². The lowest BCUT2D eigenvalue weighted by molar-refractivity contribution is 1.10. The summed E-state index contributed by atoms with van der Waals surface area (Å²) in [7, 11) is 0. The van der Waals surface area contributed by atoms with Crippen molar-refractivity contribution in [3.05, 3.63) is 47.1 Å². The number of para-hydroxylation sites is 1. The molecule has 5 heteroatoms. The zero-order chi connectivity index (χ0) is 13.9. The Morgan fingerprint density at radius 2 is 2.00 bits per heavy atom. The average Bonchev–Trinajstić information content (AvgIpc) is 2.47. The number of anilines is 1. The average molecular weight is 329 g/mol. The molecule has 0 unspecified atom stereocenters. The van der Waals surface area contributed by atoms with Crippen LogP contribution in [-0.4, -0.2) is 21.5 Å². The quantitative estimate of drug-likeness (QED) is 0.792. The summed E-state index contributed by atoms with van der Waals surface area (Å²) in [5.41, 5.74) is 1.69. The molecule has 3 rings (SSSR count). The van der Waals surface area contributed by atoms with Crippen molar-refractivity contribution in [1.82, 2.24) is 15.0 Å². The van der Waals surface area contributed by atoms with E-state index in [1.165, 1.54) is 0 Å². The second kappa shape index (κ2) is 5.54. The Morgan fingerprint density at radius 1 is 1.15 bits per heavy atom. The standard InChI is InChI=1S/C15H13BrN4/c1-2-17-13-7-8-18-15(20-13)14-11(16)9-10-5-3-4-6-12(10)19-14/h3-9H,2H2,1H3,(H,17,18,20). The van der Waals surface area contributed by atoms with Crippen LogP contribution >= 0.6 is 15.9 Å². The molecule has 0 aliphatic carbocycles. The van der Waals surface area contributed by atoms with Gasteiger partial charge in [-0.1, -0.05) is 18.2 Å². The maximum atomic E-state index is 4.65. The Kier molecular flexibility index (Phi) is 3.60. The van der Waals surface area contributed by atoms with E-state index in [-0.39, 0.29) is 0 Å². The van der Waals surface area contributed by atoms with Gasteiger partial charge >= 0.3 is 0 Å². The number of fused-ring (bicyclic) bond motifs is 1. The van der Waals surface area contributed by atoms with Crippen LogP contribution in [0.3, 0.4) is 0 Å². The Hall–Kier alpha value is -2.01. The van der Waals surface area contributed by atoms with Crippen LogP contribution in [0.4, 0.5) is 5.82 Å². The normalized spacial score (nSPS) is 10.7. The highest BCUT2D eigenvalue weighted by Gasteiger charge is 2.10. The number of rotatable bonds is 3. The fraction of sp³-hybridized carbons (Fsp3) is 0.133. The highest BCUT2D eigenvalue weighted by molar-refractivity contribution is 9.10. The predicted octanol–water partition coefficient (Wildman–Crippen LogP) is 3.89. The number of pyridine rings is 1. The van der Waals surface area contributed by atoms with Crippen molar-refractivity contribution >= 4 is 32.7 Å². The molecule has 100 valence electrons. The molecule has 0 fully saturated rings. The van der Waals surface area contributed by atoms with Crippen LogP contribution in [0.1, 0.15) is 6.92 Å². The van der Waals surface area contributed by atoms with E-state index in [0.29, 0.717) is 5.82 Å². The van der Waals surface area contributed by atoms with Crippen molar-refractivity contribution in [2.24, 2.45) is 0 Å². The van der Waals surface area contributed by atoms with E-state index < -0.39 is 0 Å². The Labute approximate surface area is 125 Å². The number of hydrogen-bond donors (Lipinski definition) is 1. The maximum absolute atomic E-state index is 4.65. The molecule has 0 amide bonds. The number of benzene rings is 1. The molecule has 2 aromatic heterocycles. The number of nitrogens with zero attached hydrogens (tertiary/aromatic N) is 3. The molecule has 0 bridgehead atoms. The summed E-state index contributed by atoms with van der Waals surface area (Å²) in [5.74, 6) is 1.42. The third-order valence-corrected chi connectivity index (χ3v) is 3.51. The molecule has 0 saturated carbocycles. The van der Waals surface area contributed by atoms with Gasteiger partial charge in [-0.2, -0.15) is 0 Å². The van der Waals surface area contributed by atoms with Crippen molar-refractivity contribution < 1.29 is 0 Å². The van der Waals surface area contributed by atoms with E-state index in [4.69, 9.17) is 0 Å². The van der Waals surface area contributed by atoms with E-state index in [1.54, 1.807) is 6.20 Å². The van der Waals surface area contributed by atoms with Gasteiger partial charge in [0.15, 0.2) is 5.82 Å². The first kappa shape index (κ1) is 13.0. The second-order valence-corrected chi connectivity index (χ2v) is 5.16. The lowest BCUT2D eigenvalue weighted by atomic mass is 10.2. The molecule has 20 heavy (non-hydrogen) atoms. The summed E-state index contributed by atoms with van der Waals surface area (Å²) in [6.07, 6.45) is 1.74. The topological polar surface area (TPSA) is 50.7 Å². The summed E-state index contributed by atoms with van der Waals surface area (Å²) in [6, 6.07) is 11.9. The van der Waals surface area contributed by atoms with Crippen LogP contribution in [-0.2, 0) is 0 Å². The predicted molar refractivity (Wildman–Crippen MR) is 84.6 cm³/mol. The summed E-state index contributed by atoms with van der Waals surface area (Å²) >= 11 is 3.55. The van der Waals surface area contributed by atoms with E-state index in [2.05, 4.69) is 36.2 Å². The number of aromatic nitrogens is 3. The fourth-order valence-corrected chi connectivity index (χ4v) is 2.51. The van der Waals surface area contributed by atoms with Crippen molar-refractivity contribution in [2.45, 2.75) is 6.92 Å². The highest BCUT2D eigenvalue weighted by atomic mass is 79.9. The van der Waals surface area contributed by atoms with Crippen LogP contribution in [0.15, 0.2) is 47.1 Å². The SMILES string of the molecule is CCNc1ccnc(-c2nc3ccccc3cc2Br)n1. The molecular formula is C15H13BrN4. The van der Waals surface area contributed by atoms with Gasteiger partial charge in [-0.15, -0.1) is 0 Å². The third-order valence-electron chi connectivity index (χ3n) is 2.90. The molecular weight excluding hydrogens is 316 g/mol. The number of nitrogens with one attached hydrogen (secondary N) is 1. The number of hydrogen-bond acceptors (Lipinski definition) is 4. The molecule has 0 atom stereocenters. The van der Waals surface area contributed by atoms with E-state index in [9.17, 15) is 0 Å². The van der Waals surface area contributed by atoms with Crippen molar-refractivity contribution in [3.63, 3.8) is 0 Å². The smallest absolute Gasteiger partial charge is 0.181 e. The zero-order valence-electron chi connectivity index (χ0n) is 11.0. The van der Waals surface area contributed by atoms with Gasteiger partial charge in [0, 0.05) is 22.6 Å². The third kappa shape index (κ3) is 2.49. The Balaban J connectivity index is 2.13. The van der Waals surface area contributed by atoms with E-state index in [0.717, 1.165) is 33.4 Å². The zero-order valence-corrected chi connectivity index (χ0v) is 12.6. The minimum atomic E-state index is 0.612. The van der Waals surface area contributed by atoms with Crippen LogP contribution in [0.2, 0.25) is 0 Å². The molecule has 0 aliphatic rings. The second-order valence-electron chi connectivity index (χ2n) is 4.31. The minimum Gasteiger partial charge on any atom is -0.370 e. The monoisotopic (exact) mass is 328 g/mol. The van der Waals surface area contributed by atoms with Gasteiger partial charge in [0.2, 0.25) is 0 Å². The minimum absolute atomic E-state index is 0.612. The summed E-state index contributed by atoms with van der Waals surface area (Å²) < 4.78 is 0.893. The molecule has 2 heterocycles. The molecule has 0 saturated heterocycles. The molecule has 4 nitrogen and oxygen atoms in total. The molecule has 3 aromatic rings. The summed E-state index contributed by atoms with van der Waals surface area (Å²) in [5, 5.41) is 4.27. The highest BCUT2D eigenvalue weighted by Crippen LogP contribution is 2.27. The van der Waals surface area contributed by atoms with Crippen LogP contribution < -0.4 is 5.32 Å². The largest absolute Gasteiger partial charge is 0.370 e. The summed E-state index contributed by atoms with van der Waals surface area (Å²) in [6.45, 7) is 2.86. The fourth-order valence-electron chi connectivity index (χ4n) is 2.00. The van der Waals surface area contributed by atoms with Gasteiger partial charge in [-0.05, 0) is 41.1 Å². The van der Waals surface area contributed by atoms with Crippen LogP contribution in [0, 0.1) is 0 Å². The van der Waals surface area contributed by atoms with Gasteiger partial charge in [0.1, 0.15) is 11.5 Å². The van der Waals surface area contributed by atoms with E-state index in [1.807, 2.05) is 43.3 Å². The van der Waals surface area contributed by atoms with Gasteiger partial charge in [-0.25, -0.2) is 15.0 Å².